The van der Waals surface area contributed by atoms with Crippen LogP contribution in [0, 0.1) is 0 Å². The molecule has 0 aromatic rings. The highest BCUT2D eigenvalue weighted by Gasteiger charge is 2.22. The first-order valence-corrected chi connectivity index (χ1v) is 2.95. The van der Waals surface area contributed by atoms with Gasteiger partial charge in [-0.25, -0.2) is 4.79 Å². The summed E-state index contributed by atoms with van der Waals surface area (Å²) in [7, 11) is 0. The lowest BCUT2D eigenvalue weighted by Gasteiger charge is -2.11. The Morgan fingerprint density at radius 3 is 2.90 bits per heavy atom. The Balaban J connectivity index is 2.40. The van der Waals surface area contributed by atoms with Crippen molar-refractivity contribution in [1.29, 1.82) is 0 Å². The van der Waals surface area contributed by atoms with E-state index in [2.05, 4.69) is 10.3 Å². The largest absolute Gasteiger partial charge is 0.331 e. The van der Waals surface area contributed by atoms with Gasteiger partial charge in [0.05, 0.1) is 0 Å². The van der Waals surface area contributed by atoms with Crippen molar-refractivity contribution in [2.45, 2.75) is 13.3 Å². The summed E-state index contributed by atoms with van der Waals surface area (Å²) in [6, 6.07) is 0. The van der Waals surface area contributed by atoms with Crippen LogP contribution in [0.25, 0.3) is 0 Å². The van der Waals surface area contributed by atoms with E-state index in [-0.39, 0.29) is 5.91 Å². The van der Waals surface area contributed by atoms with Gasteiger partial charge in [0.1, 0.15) is 0 Å². The topological polar surface area (TPSA) is 58.6 Å². The Hall–Kier alpha value is -1.10. The van der Waals surface area contributed by atoms with E-state index in [0.717, 1.165) is 5.17 Å². The van der Waals surface area contributed by atoms with Crippen LogP contribution in [-0.2, 0) is 14.4 Å². The van der Waals surface area contributed by atoms with Gasteiger partial charge in [-0.05, 0) is 0 Å². The molecule has 1 heterocycles. The molecule has 5 heteroatoms. The number of carbonyl (C=O) groups is 2. The standard InChI is InChI=1S/C5H8N2O3/c1-4(8)10-7-5(9)2-3-6-7/h6H,2-3H2,1H3. The van der Waals surface area contributed by atoms with Crippen molar-refractivity contribution in [1.82, 2.24) is 10.6 Å². The number of carbonyl (C=O) groups excluding carboxylic acids is 2. The minimum Gasteiger partial charge on any atom is -0.323 e. The summed E-state index contributed by atoms with van der Waals surface area (Å²) in [6.45, 7) is 1.78. The second-order valence-electron chi connectivity index (χ2n) is 1.93. The molecule has 0 unspecified atom stereocenters. The second kappa shape index (κ2) is 2.66. The molecular weight excluding hydrogens is 136 g/mol. The average Bonchev–Trinajstić information content (AvgIpc) is 2.15. The molecule has 0 spiro atoms. The number of amides is 1. The van der Waals surface area contributed by atoms with E-state index in [1.807, 2.05) is 0 Å². The van der Waals surface area contributed by atoms with Gasteiger partial charge in [-0.2, -0.15) is 5.43 Å². The lowest BCUT2D eigenvalue weighted by atomic mass is 10.5. The number of hydrazine groups is 1. The van der Waals surface area contributed by atoms with E-state index >= 15 is 0 Å². The van der Waals surface area contributed by atoms with Crippen molar-refractivity contribution in [2.75, 3.05) is 6.54 Å². The summed E-state index contributed by atoms with van der Waals surface area (Å²) >= 11 is 0. The highest BCUT2D eigenvalue weighted by molar-refractivity contribution is 5.78. The second-order valence-corrected chi connectivity index (χ2v) is 1.93. The van der Waals surface area contributed by atoms with E-state index in [1.165, 1.54) is 6.92 Å². The van der Waals surface area contributed by atoms with Crippen LogP contribution < -0.4 is 5.43 Å². The van der Waals surface area contributed by atoms with Crippen LogP contribution in [0.4, 0.5) is 0 Å². The number of nitrogens with zero attached hydrogens (tertiary/aromatic N) is 1. The molecule has 10 heavy (non-hydrogen) atoms. The fourth-order valence-corrected chi connectivity index (χ4v) is 0.666. The molecule has 0 bridgehead atoms. The third-order valence-electron chi connectivity index (χ3n) is 1.04. The van der Waals surface area contributed by atoms with Gasteiger partial charge in [0, 0.05) is 19.9 Å². The van der Waals surface area contributed by atoms with Crippen LogP contribution in [0.5, 0.6) is 0 Å². The van der Waals surface area contributed by atoms with E-state index < -0.39 is 5.97 Å². The Labute approximate surface area is 57.9 Å². The molecule has 1 fully saturated rings. The van der Waals surface area contributed by atoms with Gasteiger partial charge in [0.2, 0.25) is 0 Å². The van der Waals surface area contributed by atoms with Gasteiger partial charge in [0.15, 0.2) is 0 Å². The van der Waals surface area contributed by atoms with Crippen molar-refractivity contribution in [3.05, 3.63) is 0 Å². The highest BCUT2D eigenvalue weighted by atomic mass is 16.7. The zero-order chi connectivity index (χ0) is 7.56. The van der Waals surface area contributed by atoms with E-state index in [0.29, 0.717) is 13.0 Å². The molecule has 1 saturated heterocycles. The fraction of sp³-hybridized carbons (Fsp3) is 0.600. The summed E-state index contributed by atoms with van der Waals surface area (Å²) in [4.78, 5) is 25.4. The molecule has 5 nitrogen and oxygen atoms in total. The van der Waals surface area contributed by atoms with Crippen LogP contribution in [0.3, 0.4) is 0 Å². The molecular formula is C5H8N2O3. The van der Waals surface area contributed by atoms with Crippen molar-refractivity contribution >= 4 is 11.9 Å². The molecule has 0 saturated carbocycles. The maximum atomic E-state index is 10.7. The molecule has 1 N–H and O–H groups in total. The molecule has 0 atom stereocenters. The highest BCUT2D eigenvalue weighted by Crippen LogP contribution is 1.98. The summed E-state index contributed by atoms with van der Waals surface area (Å²) in [5, 5.41) is 0.863. The van der Waals surface area contributed by atoms with Gasteiger partial charge in [-0.3, -0.25) is 4.79 Å². The van der Waals surface area contributed by atoms with Crippen LogP contribution in [0.2, 0.25) is 0 Å². The number of hydrogen-bond acceptors (Lipinski definition) is 4. The summed E-state index contributed by atoms with van der Waals surface area (Å²) in [6.07, 6.45) is 0.382. The molecule has 0 radical (unpaired) electrons. The Morgan fingerprint density at radius 1 is 1.80 bits per heavy atom. The maximum absolute atomic E-state index is 10.7. The van der Waals surface area contributed by atoms with Gasteiger partial charge in [-0.15, -0.1) is 0 Å². The molecule has 1 aliphatic rings. The van der Waals surface area contributed by atoms with Crippen molar-refractivity contribution < 1.29 is 14.4 Å². The van der Waals surface area contributed by atoms with Gasteiger partial charge >= 0.3 is 5.97 Å². The van der Waals surface area contributed by atoms with Crippen LogP contribution >= 0.6 is 0 Å². The van der Waals surface area contributed by atoms with Gasteiger partial charge < -0.3 is 4.84 Å². The fourth-order valence-electron chi connectivity index (χ4n) is 0.666. The van der Waals surface area contributed by atoms with Crippen LogP contribution in [0.1, 0.15) is 13.3 Å². The molecule has 0 aromatic heterocycles. The summed E-state index contributed by atoms with van der Waals surface area (Å²) < 4.78 is 0. The van der Waals surface area contributed by atoms with Gasteiger partial charge in [-0.1, -0.05) is 5.17 Å². The molecule has 1 aliphatic heterocycles. The molecule has 56 valence electrons. The summed E-state index contributed by atoms with van der Waals surface area (Å²) in [5.74, 6) is -0.710. The van der Waals surface area contributed by atoms with Crippen molar-refractivity contribution in [2.24, 2.45) is 0 Å². The van der Waals surface area contributed by atoms with E-state index in [9.17, 15) is 9.59 Å². The Kier molecular flexibility index (Phi) is 1.86. The molecule has 1 amide bonds. The Morgan fingerprint density at radius 2 is 2.50 bits per heavy atom. The predicted molar refractivity (Wildman–Crippen MR) is 31.2 cm³/mol. The minimum absolute atomic E-state index is 0.213. The number of hydrogen-bond donors (Lipinski definition) is 1. The molecule has 0 aliphatic carbocycles. The zero-order valence-electron chi connectivity index (χ0n) is 5.59. The third-order valence-corrected chi connectivity index (χ3v) is 1.04. The quantitative estimate of drug-likeness (QED) is 0.523. The smallest absolute Gasteiger partial charge is 0.323 e. The maximum Gasteiger partial charge on any atom is 0.331 e. The first kappa shape index (κ1) is 7.01. The van der Waals surface area contributed by atoms with Gasteiger partial charge in [0.25, 0.3) is 5.91 Å². The van der Waals surface area contributed by atoms with Crippen molar-refractivity contribution in [3.63, 3.8) is 0 Å². The van der Waals surface area contributed by atoms with E-state index in [1.54, 1.807) is 0 Å². The first-order chi connectivity index (χ1) is 4.70. The number of nitrogens with one attached hydrogen (secondary N) is 1. The SMILES string of the molecule is CC(=O)ON1NCCC1=O. The predicted octanol–water partition coefficient (Wildman–Crippen LogP) is -0.799. The van der Waals surface area contributed by atoms with Crippen molar-refractivity contribution in [3.8, 4) is 0 Å². The Bertz CT molecular complexity index is 168. The lowest BCUT2D eigenvalue weighted by Crippen LogP contribution is -2.35. The van der Waals surface area contributed by atoms with Crippen LogP contribution in [-0.4, -0.2) is 23.6 Å². The number of rotatable bonds is 1. The zero-order valence-corrected chi connectivity index (χ0v) is 5.59. The summed E-state index contributed by atoms with van der Waals surface area (Å²) in [5.41, 5.74) is 2.58. The van der Waals surface area contributed by atoms with Crippen LogP contribution in [0.15, 0.2) is 0 Å². The molecule has 0 aromatic carbocycles. The molecule has 1 rings (SSSR count). The van der Waals surface area contributed by atoms with E-state index in [4.69, 9.17) is 0 Å². The average molecular weight is 144 g/mol. The lowest BCUT2D eigenvalue weighted by molar-refractivity contribution is -0.201. The number of hydroxylamine groups is 1. The third kappa shape index (κ3) is 1.44. The monoisotopic (exact) mass is 144 g/mol. The first-order valence-electron chi connectivity index (χ1n) is 2.95. The minimum atomic E-state index is -0.497. The normalized spacial score (nSPS) is 17.7.